The van der Waals surface area contributed by atoms with Crippen LogP contribution in [0.15, 0.2) is 79.1 Å². The van der Waals surface area contributed by atoms with Gasteiger partial charge in [-0.05, 0) is 35.7 Å². The van der Waals surface area contributed by atoms with Gasteiger partial charge >= 0.3 is 0 Å². The molecule has 6 aromatic rings. The molecule has 5 nitrogen and oxygen atoms in total. The topological polar surface area (TPSA) is 73.6 Å². The second-order valence-corrected chi connectivity index (χ2v) is 8.29. The maximum absolute atomic E-state index is 13.0. The molecule has 0 spiro atoms. The van der Waals surface area contributed by atoms with Crippen LogP contribution in [0.3, 0.4) is 0 Å². The minimum Gasteiger partial charge on any atom is -0.360 e. The Kier molecular flexibility index (Phi) is 3.72. The number of hydrogen-bond acceptors (Lipinski definition) is 3. The molecule has 0 radical (unpaired) electrons. The number of nitrogens with zero attached hydrogens (tertiary/aromatic N) is 1. The Morgan fingerprint density at radius 2 is 1.83 bits per heavy atom. The summed E-state index contributed by atoms with van der Waals surface area (Å²) >= 11 is 1.73. The van der Waals surface area contributed by atoms with Crippen LogP contribution >= 0.6 is 11.3 Å². The number of hydrogen-bond donors (Lipinski definition) is 3. The van der Waals surface area contributed by atoms with Gasteiger partial charge in [-0.25, -0.2) is 0 Å². The van der Waals surface area contributed by atoms with E-state index in [1.807, 2.05) is 48.5 Å². The van der Waals surface area contributed by atoms with E-state index in [0.717, 1.165) is 37.9 Å². The molecule has 6 heteroatoms. The van der Waals surface area contributed by atoms with Gasteiger partial charge in [0.15, 0.2) is 0 Å². The number of fused-ring (bicyclic) bond motifs is 3. The Bertz CT molecular complexity index is 1520. The van der Waals surface area contributed by atoms with Crippen molar-refractivity contribution in [1.29, 1.82) is 0 Å². The van der Waals surface area contributed by atoms with Gasteiger partial charge in [0, 0.05) is 43.3 Å². The number of amides is 1. The summed E-state index contributed by atoms with van der Waals surface area (Å²) in [6.45, 7) is 0. The number of anilines is 1. The lowest BCUT2D eigenvalue weighted by Gasteiger charge is -2.08. The molecule has 0 saturated heterocycles. The highest BCUT2D eigenvalue weighted by Crippen LogP contribution is 2.38. The van der Waals surface area contributed by atoms with Crippen LogP contribution in [0.25, 0.3) is 42.3 Å². The number of thiophene rings is 1. The first-order valence-corrected chi connectivity index (χ1v) is 10.4. The molecule has 0 unspecified atom stereocenters. The van der Waals surface area contributed by atoms with E-state index >= 15 is 0 Å². The summed E-state index contributed by atoms with van der Waals surface area (Å²) in [5.41, 5.74) is 4.30. The number of aromatic nitrogens is 3. The highest BCUT2D eigenvalue weighted by molar-refractivity contribution is 7.22. The van der Waals surface area contributed by atoms with Crippen LogP contribution in [0.5, 0.6) is 0 Å². The summed E-state index contributed by atoms with van der Waals surface area (Å²) in [4.78, 5) is 17.3. The predicted molar refractivity (Wildman–Crippen MR) is 123 cm³/mol. The summed E-state index contributed by atoms with van der Waals surface area (Å²) in [5, 5.41) is 13.5. The largest absolute Gasteiger partial charge is 0.360 e. The minimum atomic E-state index is -0.141. The van der Waals surface area contributed by atoms with Gasteiger partial charge in [0.1, 0.15) is 0 Å². The molecule has 0 aliphatic carbocycles. The fraction of sp³-hybridized carbons (Fsp3) is 0. The van der Waals surface area contributed by atoms with Gasteiger partial charge < -0.3 is 10.3 Å². The highest BCUT2D eigenvalue weighted by atomic mass is 32.1. The highest BCUT2D eigenvalue weighted by Gasteiger charge is 2.15. The molecule has 3 aromatic heterocycles. The summed E-state index contributed by atoms with van der Waals surface area (Å²) < 4.78 is 1.23. The number of rotatable bonds is 3. The zero-order valence-corrected chi connectivity index (χ0v) is 16.6. The first kappa shape index (κ1) is 17.0. The van der Waals surface area contributed by atoms with E-state index in [2.05, 4.69) is 38.7 Å². The van der Waals surface area contributed by atoms with Crippen LogP contribution in [-0.2, 0) is 0 Å². The molecule has 6 rings (SSSR count). The molecule has 3 N–H and O–H groups in total. The third-order valence-corrected chi connectivity index (χ3v) is 6.48. The molecule has 0 atom stereocenters. The number of nitrogens with one attached hydrogen (secondary N) is 3. The van der Waals surface area contributed by atoms with Crippen molar-refractivity contribution in [3.8, 4) is 10.4 Å². The normalized spacial score (nSPS) is 11.5. The van der Waals surface area contributed by atoms with Crippen LogP contribution in [-0.4, -0.2) is 21.1 Å². The summed E-state index contributed by atoms with van der Waals surface area (Å²) in [6, 6.07) is 22.3. The van der Waals surface area contributed by atoms with Gasteiger partial charge in [-0.15, -0.1) is 11.3 Å². The number of carbonyl (C=O) groups is 1. The first-order chi connectivity index (χ1) is 14.8. The fourth-order valence-corrected chi connectivity index (χ4v) is 4.98. The number of benzene rings is 3. The van der Waals surface area contributed by atoms with E-state index in [-0.39, 0.29) is 5.91 Å². The zero-order valence-electron chi connectivity index (χ0n) is 15.8. The smallest absolute Gasteiger partial charge is 0.257 e. The van der Waals surface area contributed by atoms with E-state index in [9.17, 15) is 4.79 Å². The van der Waals surface area contributed by atoms with Gasteiger partial charge in [0.05, 0.1) is 17.3 Å². The molecule has 1 amide bonds. The molecule has 0 aliphatic heterocycles. The van der Waals surface area contributed by atoms with Crippen LogP contribution in [0.4, 0.5) is 5.69 Å². The molecular formula is C24H16N4OS. The molecule has 0 saturated carbocycles. The summed E-state index contributed by atoms with van der Waals surface area (Å²) in [6.07, 6.45) is 3.54. The van der Waals surface area contributed by atoms with Crippen molar-refractivity contribution in [2.24, 2.45) is 0 Å². The maximum Gasteiger partial charge on any atom is 0.257 e. The Morgan fingerprint density at radius 1 is 0.967 bits per heavy atom. The lowest BCUT2D eigenvalue weighted by molar-refractivity contribution is 0.102. The Morgan fingerprint density at radius 3 is 2.77 bits per heavy atom. The molecule has 30 heavy (non-hydrogen) atoms. The standard InChI is InChI=1S/C24H16N4OS/c29-24(19-13-25-20-7-3-2-6-17(19)20)27-16-9-15-12-26-28-23(15)18(11-16)22-10-14-5-1-4-8-21(14)30-22/h1-13,25H,(H,26,28)(H,27,29). The second-order valence-electron chi connectivity index (χ2n) is 7.21. The lowest BCUT2D eigenvalue weighted by Crippen LogP contribution is -2.11. The SMILES string of the molecule is O=C(Nc1cc(-c2cc3ccccc3s2)c2[nH]ncc2c1)c1c[nH]c2ccccc12. The molecule has 3 aromatic carbocycles. The van der Waals surface area contributed by atoms with Crippen molar-refractivity contribution in [3.05, 3.63) is 84.7 Å². The summed E-state index contributed by atoms with van der Waals surface area (Å²) in [7, 11) is 0. The molecule has 144 valence electrons. The number of aromatic amines is 2. The maximum atomic E-state index is 13.0. The number of para-hydroxylation sites is 1. The third kappa shape index (κ3) is 2.69. The van der Waals surface area contributed by atoms with E-state index < -0.39 is 0 Å². The molecule has 0 aliphatic rings. The van der Waals surface area contributed by atoms with Crippen molar-refractivity contribution >= 4 is 54.8 Å². The molecule has 3 heterocycles. The Hall–Kier alpha value is -3.90. The average molecular weight is 408 g/mol. The second kappa shape index (κ2) is 6.57. The van der Waals surface area contributed by atoms with Gasteiger partial charge in [-0.3, -0.25) is 9.89 Å². The van der Waals surface area contributed by atoms with Gasteiger partial charge in [0.25, 0.3) is 5.91 Å². The average Bonchev–Trinajstić information content (AvgIpc) is 3.50. The van der Waals surface area contributed by atoms with E-state index in [4.69, 9.17) is 0 Å². The van der Waals surface area contributed by atoms with Crippen molar-refractivity contribution in [1.82, 2.24) is 15.2 Å². The van der Waals surface area contributed by atoms with Crippen molar-refractivity contribution in [2.45, 2.75) is 0 Å². The van der Waals surface area contributed by atoms with Gasteiger partial charge in [-0.2, -0.15) is 5.10 Å². The summed E-state index contributed by atoms with van der Waals surface area (Å²) in [5.74, 6) is -0.141. The van der Waals surface area contributed by atoms with Crippen molar-refractivity contribution in [3.63, 3.8) is 0 Å². The zero-order chi connectivity index (χ0) is 20.1. The van der Waals surface area contributed by atoms with E-state index in [0.29, 0.717) is 5.56 Å². The van der Waals surface area contributed by atoms with Gasteiger partial charge in [0.2, 0.25) is 0 Å². The number of H-pyrrole nitrogens is 2. The first-order valence-electron chi connectivity index (χ1n) is 9.60. The Labute approximate surface area is 175 Å². The van der Waals surface area contributed by atoms with Crippen LogP contribution < -0.4 is 5.32 Å². The predicted octanol–water partition coefficient (Wildman–Crippen LogP) is 6.18. The molecule has 0 fully saturated rings. The van der Waals surface area contributed by atoms with Crippen LogP contribution in [0.1, 0.15) is 10.4 Å². The van der Waals surface area contributed by atoms with Crippen LogP contribution in [0, 0.1) is 0 Å². The van der Waals surface area contributed by atoms with Crippen molar-refractivity contribution < 1.29 is 4.79 Å². The minimum absolute atomic E-state index is 0.141. The van der Waals surface area contributed by atoms with Crippen molar-refractivity contribution in [2.75, 3.05) is 5.32 Å². The van der Waals surface area contributed by atoms with E-state index in [1.165, 1.54) is 10.1 Å². The van der Waals surface area contributed by atoms with Crippen LogP contribution in [0.2, 0.25) is 0 Å². The molecule has 0 bridgehead atoms. The quantitative estimate of drug-likeness (QED) is 0.327. The van der Waals surface area contributed by atoms with E-state index in [1.54, 1.807) is 23.7 Å². The fourth-order valence-electron chi connectivity index (χ4n) is 3.90. The number of carbonyl (C=O) groups excluding carboxylic acids is 1. The monoisotopic (exact) mass is 408 g/mol. The Balaban J connectivity index is 1.44. The third-order valence-electron chi connectivity index (χ3n) is 5.33. The van der Waals surface area contributed by atoms with Gasteiger partial charge in [-0.1, -0.05) is 36.4 Å². The molecular weight excluding hydrogens is 392 g/mol. The lowest BCUT2D eigenvalue weighted by atomic mass is 10.1.